The summed E-state index contributed by atoms with van der Waals surface area (Å²) in [7, 11) is 2.19. The summed E-state index contributed by atoms with van der Waals surface area (Å²) in [5.74, 6) is -1.83. The molecule has 0 amide bonds. The number of halogens is 3. The number of carbonyl (C=O) groups excluding carboxylic acids is 2. The highest BCUT2D eigenvalue weighted by Gasteiger charge is 2.40. The summed E-state index contributed by atoms with van der Waals surface area (Å²) >= 11 is 0. The first-order chi connectivity index (χ1) is 14.3. The molecule has 0 spiro atoms. The lowest BCUT2D eigenvalue weighted by Gasteiger charge is -2.34. The molecule has 1 aromatic rings. The lowest BCUT2D eigenvalue weighted by Crippen LogP contribution is -2.39. The van der Waals surface area contributed by atoms with Gasteiger partial charge in [0.15, 0.2) is 0 Å². The minimum absolute atomic E-state index is 0.205. The number of nitrogens with zero attached hydrogens (tertiary/aromatic N) is 2. The molecule has 0 atom stereocenters. The summed E-state index contributed by atoms with van der Waals surface area (Å²) in [4.78, 5) is 27.4. The molecular weight excluding hydrogens is 405 g/mol. The van der Waals surface area contributed by atoms with Gasteiger partial charge in [-0.05, 0) is 37.5 Å². The lowest BCUT2D eigenvalue weighted by atomic mass is 10.0. The minimum Gasteiger partial charge on any atom is -0.466 e. The lowest BCUT2D eigenvalue weighted by molar-refractivity contribution is -0.141. The van der Waals surface area contributed by atoms with Crippen molar-refractivity contribution in [2.75, 3.05) is 50.4 Å². The van der Waals surface area contributed by atoms with E-state index < -0.39 is 23.7 Å². The van der Waals surface area contributed by atoms with Crippen LogP contribution >= 0.6 is 0 Å². The van der Waals surface area contributed by atoms with Gasteiger partial charge in [-0.15, -0.1) is 0 Å². The van der Waals surface area contributed by atoms with Crippen molar-refractivity contribution < 1.29 is 37.0 Å². The van der Waals surface area contributed by atoms with Gasteiger partial charge >= 0.3 is 18.1 Å². The zero-order valence-electron chi connectivity index (χ0n) is 16.8. The van der Waals surface area contributed by atoms with E-state index in [1.54, 1.807) is 6.07 Å². The monoisotopic (exact) mass is 428 g/mol. The van der Waals surface area contributed by atoms with Crippen molar-refractivity contribution in [3.05, 3.63) is 35.0 Å². The highest BCUT2D eigenvalue weighted by Crippen LogP contribution is 2.41. The number of anilines is 2. The minimum atomic E-state index is -4.69. The van der Waals surface area contributed by atoms with E-state index >= 15 is 0 Å². The van der Waals surface area contributed by atoms with Gasteiger partial charge in [-0.2, -0.15) is 13.2 Å². The first-order valence-corrected chi connectivity index (χ1v) is 9.49. The summed E-state index contributed by atoms with van der Waals surface area (Å²) in [6.07, 6.45) is -1.80. The average molecular weight is 428 g/mol. The zero-order valence-corrected chi connectivity index (χ0v) is 16.8. The Kier molecular flexibility index (Phi) is 6.55. The maximum Gasteiger partial charge on any atom is 0.418 e. The van der Waals surface area contributed by atoms with Crippen LogP contribution in [0.5, 0.6) is 0 Å². The number of alkyl halides is 3. The van der Waals surface area contributed by atoms with Gasteiger partial charge in [0.1, 0.15) is 12.4 Å². The van der Waals surface area contributed by atoms with Crippen molar-refractivity contribution in [1.29, 1.82) is 0 Å². The maximum absolute atomic E-state index is 14.0. The second kappa shape index (κ2) is 8.95. The quantitative estimate of drug-likeness (QED) is 0.683. The fourth-order valence-electron chi connectivity index (χ4n) is 3.67. The Bertz CT molecular complexity index is 847. The van der Waals surface area contributed by atoms with E-state index in [4.69, 9.17) is 9.47 Å². The van der Waals surface area contributed by atoms with E-state index in [1.165, 1.54) is 6.07 Å². The summed E-state index contributed by atoms with van der Waals surface area (Å²) in [6, 6.07) is 3.94. The first kappa shape index (κ1) is 21.9. The van der Waals surface area contributed by atoms with Gasteiger partial charge in [0.2, 0.25) is 0 Å². The topological polar surface area (TPSA) is 68.3 Å². The third-order valence-corrected chi connectivity index (χ3v) is 5.13. The first-order valence-electron chi connectivity index (χ1n) is 9.49. The fraction of sp³-hybridized carbons (Fsp3) is 0.500. The Balaban J connectivity index is 2.12. The molecule has 3 rings (SSSR count). The van der Waals surface area contributed by atoms with Crippen LogP contribution in [0.3, 0.4) is 0 Å². The number of piperidine rings is 1. The van der Waals surface area contributed by atoms with Crippen molar-refractivity contribution in [1.82, 2.24) is 0 Å². The summed E-state index contributed by atoms with van der Waals surface area (Å²) in [5.41, 5.74) is -1.30. The summed E-state index contributed by atoms with van der Waals surface area (Å²) < 4.78 is 56.6. The molecule has 7 nitrogen and oxygen atoms in total. The van der Waals surface area contributed by atoms with Crippen LogP contribution in [0.15, 0.2) is 29.5 Å². The van der Waals surface area contributed by atoms with E-state index in [9.17, 15) is 22.8 Å². The van der Waals surface area contributed by atoms with Crippen LogP contribution in [0.25, 0.3) is 0 Å². The number of esters is 2. The third kappa shape index (κ3) is 4.38. The van der Waals surface area contributed by atoms with Gasteiger partial charge in [0.05, 0.1) is 37.7 Å². The van der Waals surface area contributed by atoms with Crippen molar-refractivity contribution in [3.8, 4) is 0 Å². The highest BCUT2D eigenvalue weighted by atomic mass is 19.4. The number of carbonyl (C=O) groups is 2. The molecule has 2 aliphatic rings. The molecule has 30 heavy (non-hydrogen) atoms. The second-order valence-corrected chi connectivity index (χ2v) is 6.96. The van der Waals surface area contributed by atoms with E-state index in [-0.39, 0.29) is 30.3 Å². The molecular formula is C20H23F3N2O5. The predicted octanol–water partition coefficient (Wildman–Crippen LogP) is 3.09. The van der Waals surface area contributed by atoms with Crippen LogP contribution in [0.2, 0.25) is 0 Å². The van der Waals surface area contributed by atoms with E-state index in [2.05, 4.69) is 4.74 Å². The van der Waals surface area contributed by atoms with Crippen molar-refractivity contribution in [3.63, 3.8) is 0 Å². The Morgan fingerprint density at radius 2 is 1.70 bits per heavy atom. The van der Waals surface area contributed by atoms with Crippen LogP contribution in [-0.2, 0) is 30.0 Å². The van der Waals surface area contributed by atoms with Crippen molar-refractivity contribution in [2.45, 2.75) is 25.4 Å². The van der Waals surface area contributed by atoms with Crippen LogP contribution in [0, 0.1) is 0 Å². The Hall–Kier alpha value is -2.75. The molecule has 1 saturated heterocycles. The molecule has 1 aromatic carbocycles. The van der Waals surface area contributed by atoms with Gasteiger partial charge < -0.3 is 24.0 Å². The van der Waals surface area contributed by atoms with Crippen LogP contribution in [0.4, 0.5) is 24.5 Å². The van der Waals surface area contributed by atoms with Gasteiger partial charge in [0, 0.05) is 18.8 Å². The zero-order chi connectivity index (χ0) is 21.9. The molecule has 2 aliphatic heterocycles. The summed E-state index contributed by atoms with van der Waals surface area (Å²) in [6.45, 7) is 0.741. The van der Waals surface area contributed by atoms with Gasteiger partial charge in [0.25, 0.3) is 0 Å². The number of hydrogen-bond acceptors (Lipinski definition) is 7. The van der Waals surface area contributed by atoms with Gasteiger partial charge in [-0.1, -0.05) is 0 Å². The molecule has 2 heterocycles. The number of benzene rings is 1. The van der Waals surface area contributed by atoms with E-state index in [0.717, 1.165) is 44.4 Å². The predicted molar refractivity (Wildman–Crippen MR) is 102 cm³/mol. The maximum atomic E-state index is 14.0. The van der Waals surface area contributed by atoms with Crippen molar-refractivity contribution >= 4 is 23.3 Å². The number of methoxy groups -OCH3 is 2. The Labute approximate surface area is 172 Å². The molecule has 0 aromatic heterocycles. The second-order valence-electron chi connectivity index (χ2n) is 6.96. The molecule has 164 valence electrons. The van der Waals surface area contributed by atoms with Crippen LogP contribution < -0.4 is 9.80 Å². The molecule has 0 radical (unpaired) electrons. The number of hydrogen-bond donors (Lipinski definition) is 0. The van der Waals surface area contributed by atoms with E-state index in [1.807, 2.05) is 4.90 Å². The van der Waals surface area contributed by atoms with Crippen molar-refractivity contribution in [2.24, 2.45) is 0 Å². The highest BCUT2D eigenvalue weighted by molar-refractivity contribution is 6.03. The van der Waals surface area contributed by atoms with Crippen LogP contribution in [0.1, 0.15) is 24.8 Å². The third-order valence-electron chi connectivity index (χ3n) is 5.13. The number of ether oxygens (including phenoxy) is 3. The van der Waals surface area contributed by atoms with Gasteiger partial charge in [-0.25, -0.2) is 9.59 Å². The summed E-state index contributed by atoms with van der Waals surface area (Å²) in [5, 5.41) is 0. The smallest absolute Gasteiger partial charge is 0.418 e. The largest absolute Gasteiger partial charge is 0.466 e. The molecule has 0 aliphatic carbocycles. The Morgan fingerprint density at radius 3 is 2.30 bits per heavy atom. The molecule has 0 bridgehead atoms. The fourth-order valence-corrected chi connectivity index (χ4v) is 3.67. The average Bonchev–Trinajstić information content (AvgIpc) is 2.77. The Morgan fingerprint density at radius 1 is 1.03 bits per heavy atom. The van der Waals surface area contributed by atoms with Gasteiger partial charge in [-0.3, -0.25) is 0 Å². The standard InChI is InChI=1S/C20H23F3N2O5/c1-28-18(26)14-11-30-12-25(17(14)19(27)29-2)16-7-6-13(10-15(16)20(21,22)23)24-8-4-3-5-9-24/h6-7,10H,3-5,8-9,11-12H2,1-2H3. The molecule has 1 fully saturated rings. The number of rotatable bonds is 4. The van der Waals surface area contributed by atoms with Crippen LogP contribution in [-0.4, -0.2) is 52.6 Å². The van der Waals surface area contributed by atoms with E-state index in [0.29, 0.717) is 18.8 Å². The SMILES string of the molecule is COC(=O)C1=C(C(=O)OC)N(c2ccc(N3CCCCC3)cc2C(F)(F)F)COC1. The normalized spacial score (nSPS) is 17.8. The molecule has 0 unspecified atom stereocenters. The molecule has 0 saturated carbocycles. The molecule has 10 heteroatoms. The molecule has 0 N–H and O–H groups in total.